The predicted molar refractivity (Wildman–Crippen MR) is 152 cm³/mol. The number of benzene rings is 2. The van der Waals surface area contributed by atoms with Crippen LogP contribution in [0.25, 0.3) is 0 Å². The number of nitrogens with zero attached hydrogens (tertiary/aromatic N) is 3. The number of carboxylic acid groups (broad SMARTS) is 1. The van der Waals surface area contributed by atoms with Gasteiger partial charge in [-0.25, -0.2) is 4.39 Å². The van der Waals surface area contributed by atoms with E-state index < -0.39 is 29.7 Å². The van der Waals surface area contributed by atoms with Crippen molar-refractivity contribution < 1.29 is 23.5 Å². The number of aliphatic carboxylic acids is 1. The monoisotopic (exact) mass is 567 g/mol. The predicted octanol–water partition coefficient (Wildman–Crippen LogP) is 4.43. The van der Waals surface area contributed by atoms with Gasteiger partial charge < -0.3 is 20.6 Å². The van der Waals surface area contributed by atoms with Crippen molar-refractivity contribution in [3.63, 3.8) is 0 Å². The SMILES string of the molecule is Cc1ccc2cc1CN1Cc3[nH]c(=O)ccc3OC(C1)C(F)N(F)N(C)c1ccc(c(C)c1N)C2C(C)(C)C(=O)O. The number of hydrogen-bond donors (Lipinski definition) is 3. The molecule has 3 aliphatic rings. The lowest BCUT2D eigenvalue weighted by molar-refractivity contribution is -0.147. The van der Waals surface area contributed by atoms with Gasteiger partial charge in [0.2, 0.25) is 11.9 Å². The molecule has 4 N–H and O–H groups in total. The van der Waals surface area contributed by atoms with Gasteiger partial charge in [-0.2, -0.15) is 0 Å². The molecule has 2 aromatic carbocycles. The lowest BCUT2D eigenvalue weighted by Crippen LogP contribution is -2.50. The van der Waals surface area contributed by atoms with Crippen LogP contribution in [0.3, 0.4) is 0 Å². The molecule has 0 radical (unpaired) electrons. The molecule has 4 unspecified atom stereocenters. The molecule has 41 heavy (non-hydrogen) atoms. The number of hydrazine groups is 1. The number of aryl methyl sites for hydroxylation is 1. The largest absolute Gasteiger partial charge is 0.483 e. The number of aromatic amines is 1. The summed E-state index contributed by atoms with van der Waals surface area (Å²) >= 11 is 0. The van der Waals surface area contributed by atoms with Gasteiger partial charge in [0.15, 0.2) is 6.10 Å². The highest BCUT2D eigenvalue weighted by Crippen LogP contribution is 2.45. The molecule has 0 spiro atoms. The second kappa shape index (κ2) is 10.5. The van der Waals surface area contributed by atoms with Crippen LogP contribution < -0.4 is 21.0 Å². The molecule has 3 aromatic rings. The van der Waals surface area contributed by atoms with Crippen LogP contribution in [0.1, 0.15) is 53.3 Å². The number of halogens is 2. The Balaban J connectivity index is 1.75. The fourth-order valence-electron chi connectivity index (χ4n) is 5.86. The van der Waals surface area contributed by atoms with Crippen molar-refractivity contribution in [3.05, 3.63) is 86.3 Å². The van der Waals surface area contributed by atoms with Crippen LogP contribution in [0.4, 0.5) is 20.2 Å². The number of alkyl halides is 1. The van der Waals surface area contributed by atoms with Crippen molar-refractivity contribution >= 4 is 17.3 Å². The number of pyridine rings is 1. The zero-order valence-corrected chi connectivity index (χ0v) is 23.7. The summed E-state index contributed by atoms with van der Waals surface area (Å²) in [6.07, 6.45) is -3.49. The minimum absolute atomic E-state index is 0.00670. The first-order valence-corrected chi connectivity index (χ1v) is 13.4. The smallest absolute Gasteiger partial charge is 0.310 e. The van der Waals surface area contributed by atoms with Crippen LogP contribution in [-0.2, 0) is 17.9 Å². The fraction of sp³-hybridized carbons (Fsp3) is 0.400. The van der Waals surface area contributed by atoms with Crippen LogP contribution >= 0.6 is 0 Å². The summed E-state index contributed by atoms with van der Waals surface area (Å²) in [5, 5.41) is 11.2. The number of carboxylic acids is 1. The van der Waals surface area contributed by atoms with Crippen LogP contribution in [0, 0.1) is 19.3 Å². The van der Waals surface area contributed by atoms with Gasteiger partial charge in [-0.15, -0.1) is 4.48 Å². The van der Waals surface area contributed by atoms with E-state index in [-0.39, 0.29) is 41.0 Å². The lowest BCUT2D eigenvalue weighted by atomic mass is 9.69. The van der Waals surface area contributed by atoms with Crippen molar-refractivity contribution in [1.29, 1.82) is 0 Å². The molecule has 4 heterocycles. The van der Waals surface area contributed by atoms with Crippen molar-refractivity contribution in [2.75, 3.05) is 24.3 Å². The van der Waals surface area contributed by atoms with E-state index in [1.807, 2.05) is 30.0 Å². The number of anilines is 2. The lowest BCUT2D eigenvalue weighted by Gasteiger charge is -2.35. The Labute approximate surface area is 237 Å². The first kappa shape index (κ1) is 28.6. The summed E-state index contributed by atoms with van der Waals surface area (Å²) in [6.45, 7) is 7.61. The highest BCUT2D eigenvalue weighted by molar-refractivity contribution is 5.78. The molecule has 0 saturated carbocycles. The van der Waals surface area contributed by atoms with Gasteiger partial charge in [-0.3, -0.25) is 19.5 Å². The van der Waals surface area contributed by atoms with Gasteiger partial charge in [0, 0.05) is 38.7 Å². The number of fused-ring (bicyclic) bond motifs is 5. The van der Waals surface area contributed by atoms with Gasteiger partial charge in [-0.1, -0.05) is 24.3 Å². The number of carbonyl (C=O) groups is 1. The van der Waals surface area contributed by atoms with Crippen molar-refractivity contribution in [2.45, 2.75) is 59.1 Å². The fourth-order valence-corrected chi connectivity index (χ4v) is 5.86. The molecule has 3 aliphatic heterocycles. The third-order valence-electron chi connectivity index (χ3n) is 8.42. The van der Waals surface area contributed by atoms with Crippen LogP contribution in [0.2, 0.25) is 0 Å². The molecule has 0 aliphatic carbocycles. The Hall–Kier alpha value is -3.96. The maximum absolute atomic E-state index is 16.0. The first-order chi connectivity index (χ1) is 19.3. The summed E-state index contributed by atoms with van der Waals surface area (Å²) in [4.78, 5) is 29.3. The molecule has 218 valence electrons. The number of nitrogens with one attached hydrogen (secondary N) is 1. The third kappa shape index (κ3) is 5.04. The average Bonchev–Trinajstić information content (AvgIpc) is 3.09. The molecule has 0 fully saturated rings. The van der Waals surface area contributed by atoms with Crippen molar-refractivity contribution in [2.24, 2.45) is 5.41 Å². The summed E-state index contributed by atoms with van der Waals surface area (Å²) < 4.78 is 37.7. The number of nitrogens with two attached hydrogens (primary N) is 1. The highest BCUT2D eigenvalue weighted by atomic mass is 19.2. The Morgan fingerprint density at radius 2 is 1.88 bits per heavy atom. The van der Waals surface area contributed by atoms with Gasteiger partial charge in [0.25, 0.3) is 0 Å². The van der Waals surface area contributed by atoms with Crippen LogP contribution in [-0.4, -0.2) is 52.2 Å². The Morgan fingerprint density at radius 1 is 1.15 bits per heavy atom. The molecule has 0 amide bonds. The number of ether oxygens (including phenoxy) is 1. The summed E-state index contributed by atoms with van der Waals surface area (Å²) in [5.74, 6) is -1.31. The van der Waals surface area contributed by atoms with E-state index in [2.05, 4.69) is 4.98 Å². The van der Waals surface area contributed by atoms with E-state index in [1.165, 1.54) is 19.2 Å². The summed E-state index contributed by atoms with van der Waals surface area (Å²) in [7, 11) is 1.36. The Morgan fingerprint density at radius 3 is 2.59 bits per heavy atom. The van der Waals surface area contributed by atoms with Crippen molar-refractivity contribution in [1.82, 2.24) is 15.1 Å². The van der Waals surface area contributed by atoms with E-state index in [0.717, 1.165) is 21.7 Å². The van der Waals surface area contributed by atoms with Crippen LogP contribution in [0.5, 0.6) is 5.75 Å². The van der Waals surface area contributed by atoms with E-state index in [4.69, 9.17) is 10.5 Å². The summed E-state index contributed by atoms with van der Waals surface area (Å²) in [6, 6.07) is 11.9. The number of rotatable bonds is 2. The Bertz CT molecular complexity index is 1560. The molecule has 0 saturated heterocycles. The maximum atomic E-state index is 16.0. The second-order valence-electron chi connectivity index (χ2n) is 11.5. The van der Waals surface area contributed by atoms with Gasteiger partial charge in [0.1, 0.15) is 5.75 Å². The normalized spacial score (nSPS) is 23.1. The molecule has 6 bridgehead atoms. The van der Waals surface area contributed by atoms with E-state index in [9.17, 15) is 14.7 Å². The minimum atomic E-state index is -2.23. The number of H-pyrrole nitrogens is 1. The Kier molecular flexibility index (Phi) is 7.29. The molecule has 1 aromatic heterocycles. The molecular formula is C30H35F2N5O4. The first-order valence-electron chi connectivity index (χ1n) is 13.4. The van der Waals surface area contributed by atoms with E-state index in [1.54, 1.807) is 32.9 Å². The molecule has 4 atom stereocenters. The van der Waals surface area contributed by atoms with E-state index in [0.29, 0.717) is 23.4 Å². The zero-order valence-electron chi connectivity index (χ0n) is 23.7. The topological polar surface area (TPSA) is 115 Å². The van der Waals surface area contributed by atoms with Crippen LogP contribution in [0.15, 0.2) is 47.3 Å². The van der Waals surface area contributed by atoms with E-state index >= 15 is 8.87 Å². The average molecular weight is 568 g/mol. The molecule has 6 rings (SSSR count). The highest BCUT2D eigenvalue weighted by Gasteiger charge is 2.42. The van der Waals surface area contributed by atoms with Gasteiger partial charge in [0.05, 0.1) is 22.5 Å². The minimum Gasteiger partial charge on any atom is -0.483 e. The summed E-state index contributed by atoms with van der Waals surface area (Å²) in [5.41, 5.74) is 9.73. The van der Waals surface area contributed by atoms with Crippen molar-refractivity contribution in [3.8, 4) is 5.75 Å². The van der Waals surface area contributed by atoms with Gasteiger partial charge >= 0.3 is 5.97 Å². The number of aromatic nitrogens is 1. The standard InChI is InChI=1S/C30H35F2N5O4/c1-16-6-7-18-12-19(16)13-36-14-21-23(10-11-25(38)34-21)41-24(15-36)28(31)37(32)35(5)22-9-8-20(17(2)27(22)33)26(18)30(3,4)29(39)40/h6-12,24,26,28H,13-15,33H2,1-5H3,(H,34,38)(H,39,40). The zero-order chi connectivity index (χ0) is 29.8. The van der Waals surface area contributed by atoms with Gasteiger partial charge in [-0.05, 0) is 72.9 Å². The maximum Gasteiger partial charge on any atom is 0.310 e. The second-order valence-corrected chi connectivity index (χ2v) is 11.5. The number of hydrogen-bond acceptors (Lipinski definition) is 7. The quantitative estimate of drug-likeness (QED) is 0.237. The molecule has 9 nitrogen and oxygen atoms in total. The number of nitrogen functional groups attached to an aromatic ring is 1. The third-order valence-corrected chi connectivity index (χ3v) is 8.42. The molecular weight excluding hydrogens is 532 g/mol. The molecule has 11 heteroatoms.